The summed E-state index contributed by atoms with van der Waals surface area (Å²) in [5.41, 5.74) is 0. The summed E-state index contributed by atoms with van der Waals surface area (Å²) < 4.78 is 0. The minimum atomic E-state index is -0.252. The maximum atomic E-state index is 12.1. The fourth-order valence-corrected chi connectivity index (χ4v) is 3.45. The lowest BCUT2D eigenvalue weighted by Gasteiger charge is -2.31. The Labute approximate surface area is 110 Å². The van der Waals surface area contributed by atoms with Gasteiger partial charge < -0.3 is 10.4 Å². The Kier molecular flexibility index (Phi) is 4.66. The summed E-state index contributed by atoms with van der Waals surface area (Å²) in [4.78, 5) is 12.1. The van der Waals surface area contributed by atoms with E-state index in [-0.39, 0.29) is 17.9 Å². The summed E-state index contributed by atoms with van der Waals surface area (Å²) in [6, 6.07) is 0.380. The van der Waals surface area contributed by atoms with Gasteiger partial charge in [-0.3, -0.25) is 4.79 Å². The molecular weight excluding hydrogens is 226 g/mol. The zero-order valence-electron chi connectivity index (χ0n) is 11.7. The van der Waals surface area contributed by atoms with E-state index in [0.717, 1.165) is 37.5 Å². The minimum absolute atomic E-state index is 0.0582. The van der Waals surface area contributed by atoms with Gasteiger partial charge in [-0.05, 0) is 56.8 Å². The molecule has 1 amide bonds. The van der Waals surface area contributed by atoms with Crippen LogP contribution in [-0.4, -0.2) is 23.2 Å². The summed E-state index contributed by atoms with van der Waals surface area (Å²) in [5, 5.41) is 12.7. The molecule has 0 aliphatic heterocycles. The lowest BCUT2D eigenvalue weighted by molar-refractivity contribution is -0.126. The van der Waals surface area contributed by atoms with Crippen LogP contribution >= 0.6 is 0 Å². The fourth-order valence-electron chi connectivity index (χ4n) is 3.45. The molecule has 0 saturated heterocycles. The second-order valence-electron chi connectivity index (χ2n) is 6.53. The van der Waals surface area contributed by atoms with Gasteiger partial charge in [-0.1, -0.05) is 13.8 Å². The number of hydrogen-bond donors (Lipinski definition) is 2. The molecule has 2 atom stereocenters. The monoisotopic (exact) mass is 253 g/mol. The third-order valence-electron chi connectivity index (χ3n) is 4.84. The zero-order valence-corrected chi connectivity index (χ0v) is 11.7. The van der Waals surface area contributed by atoms with Crippen LogP contribution in [0, 0.1) is 17.8 Å². The zero-order chi connectivity index (χ0) is 13.1. The molecule has 2 fully saturated rings. The summed E-state index contributed by atoms with van der Waals surface area (Å²) in [6.07, 6.45) is 6.80. The first-order valence-corrected chi connectivity index (χ1v) is 7.54. The van der Waals surface area contributed by atoms with E-state index >= 15 is 0 Å². The van der Waals surface area contributed by atoms with Crippen LogP contribution in [0.3, 0.4) is 0 Å². The van der Waals surface area contributed by atoms with Crippen LogP contribution in [0.5, 0.6) is 0 Å². The van der Waals surface area contributed by atoms with E-state index in [2.05, 4.69) is 19.2 Å². The van der Waals surface area contributed by atoms with Crippen molar-refractivity contribution in [3.63, 3.8) is 0 Å². The summed E-state index contributed by atoms with van der Waals surface area (Å²) in [7, 11) is 0. The number of aliphatic hydroxyl groups excluding tert-OH is 1. The number of amides is 1. The molecule has 0 spiro atoms. The van der Waals surface area contributed by atoms with Gasteiger partial charge in [0.15, 0.2) is 0 Å². The number of carbonyl (C=O) groups excluding carboxylic acids is 1. The quantitative estimate of drug-likeness (QED) is 0.812. The van der Waals surface area contributed by atoms with E-state index in [1.807, 2.05) is 0 Å². The second kappa shape index (κ2) is 6.05. The van der Waals surface area contributed by atoms with Crippen molar-refractivity contribution in [2.75, 3.05) is 0 Å². The van der Waals surface area contributed by atoms with Crippen LogP contribution < -0.4 is 5.32 Å². The van der Waals surface area contributed by atoms with E-state index in [1.165, 1.54) is 12.8 Å². The van der Waals surface area contributed by atoms with Gasteiger partial charge in [0.1, 0.15) is 0 Å². The van der Waals surface area contributed by atoms with Crippen molar-refractivity contribution >= 4 is 5.91 Å². The van der Waals surface area contributed by atoms with Crippen molar-refractivity contribution < 1.29 is 9.90 Å². The molecule has 0 aromatic heterocycles. The topological polar surface area (TPSA) is 49.3 Å². The Morgan fingerprint density at radius 1 is 1.11 bits per heavy atom. The van der Waals surface area contributed by atoms with Crippen LogP contribution in [0.1, 0.15) is 58.8 Å². The average molecular weight is 253 g/mol. The van der Waals surface area contributed by atoms with Gasteiger partial charge in [-0.2, -0.15) is 0 Å². The van der Waals surface area contributed by atoms with Crippen LogP contribution in [0.25, 0.3) is 0 Å². The highest BCUT2D eigenvalue weighted by Gasteiger charge is 2.31. The first kappa shape index (κ1) is 13.9. The highest BCUT2D eigenvalue weighted by molar-refractivity contribution is 5.79. The van der Waals surface area contributed by atoms with Crippen molar-refractivity contribution in [3.05, 3.63) is 0 Å². The summed E-state index contributed by atoms with van der Waals surface area (Å²) in [5.74, 6) is 1.85. The highest BCUT2D eigenvalue weighted by atomic mass is 16.3. The van der Waals surface area contributed by atoms with Gasteiger partial charge in [0.25, 0.3) is 0 Å². The van der Waals surface area contributed by atoms with Crippen LogP contribution in [0.4, 0.5) is 0 Å². The molecule has 3 heteroatoms. The molecule has 2 saturated carbocycles. The Bertz CT molecular complexity index is 282. The predicted molar refractivity (Wildman–Crippen MR) is 72.1 cm³/mol. The van der Waals surface area contributed by atoms with Crippen LogP contribution in [0.2, 0.25) is 0 Å². The minimum Gasteiger partial charge on any atom is -0.393 e. The average Bonchev–Trinajstić information content (AvgIpc) is 2.76. The Morgan fingerprint density at radius 2 is 1.78 bits per heavy atom. The number of nitrogens with one attached hydrogen (secondary N) is 1. The molecule has 2 aliphatic carbocycles. The van der Waals surface area contributed by atoms with Gasteiger partial charge in [0.2, 0.25) is 5.91 Å². The molecule has 2 rings (SSSR count). The molecule has 0 bridgehead atoms. The maximum Gasteiger partial charge on any atom is 0.223 e. The van der Waals surface area contributed by atoms with E-state index < -0.39 is 0 Å². The van der Waals surface area contributed by atoms with Gasteiger partial charge in [-0.25, -0.2) is 0 Å². The largest absolute Gasteiger partial charge is 0.393 e. The van der Waals surface area contributed by atoms with E-state index in [9.17, 15) is 9.90 Å². The number of aliphatic hydroxyl groups is 1. The van der Waals surface area contributed by atoms with Gasteiger partial charge in [0.05, 0.1) is 6.10 Å². The van der Waals surface area contributed by atoms with Crippen molar-refractivity contribution in [1.82, 2.24) is 5.32 Å². The van der Waals surface area contributed by atoms with E-state index in [0.29, 0.717) is 12.5 Å². The summed E-state index contributed by atoms with van der Waals surface area (Å²) in [6.45, 7) is 4.59. The van der Waals surface area contributed by atoms with Gasteiger partial charge in [-0.15, -0.1) is 0 Å². The molecule has 0 heterocycles. The molecule has 0 radical (unpaired) electrons. The molecular formula is C15H27NO2. The molecule has 18 heavy (non-hydrogen) atoms. The third-order valence-corrected chi connectivity index (χ3v) is 4.84. The Hall–Kier alpha value is -0.570. The van der Waals surface area contributed by atoms with E-state index in [4.69, 9.17) is 0 Å². The first-order chi connectivity index (χ1) is 8.56. The van der Waals surface area contributed by atoms with Gasteiger partial charge in [0, 0.05) is 12.0 Å². The molecule has 0 unspecified atom stereocenters. The molecule has 2 aliphatic rings. The lowest BCUT2D eigenvalue weighted by Crippen LogP contribution is -2.41. The maximum absolute atomic E-state index is 12.1. The van der Waals surface area contributed by atoms with Crippen molar-refractivity contribution in [2.24, 2.45) is 17.8 Å². The molecule has 104 valence electrons. The van der Waals surface area contributed by atoms with Crippen molar-refractivity contribution in [1.29, 1.82) is 0 Å². The standard InChI is InChI=1S/C15H27NO2/c1-10(2)11-3-6-13(7-4-11)16-15(18)12-5-8-14(17)9-12/h10-14,17H,3-9H2,1-2H3,(H,16,18)/t11?,12-,13?,14+/m0/s1. The number of rotatable bonds is 3. The van der Waals surface area contributed by atoms with E-state index in [1.54, 1.807) is 0 Å². The predicted octanol–water partition coefficient (Wildman–Crippen LogP) is 2.48. The van der Waals surface area contributed by atoms with Gasteiger partial charge >= 0.3 is 0 Å². The highest BCUT2D eigenvalue weighted by Crippen LogP contribution is 2.31. The SMILES string of the molecule is CC(C)C1CCC(NC(=O)[C@H]2CC[C@@H](O)C2)CC1. The Morgan fingerprint density at radius 3 is 2.28 bits per heavy atom. The molecule has 3 nitrogen and oxygen atoms in total. The summed E-state index contributed by atoms with van der Waals surface area (Å²) >= 11 is 0. The normalized spacial score (nSPS) is 36.9. The smallest absolute Gasteiger partial charge is 0.223 e. The van der Waals surface area contributed by atoms with Crippen LogP contribution in [0.15, 0.2) is 0 Å². The second-order valence-corrected chi connectivity index (χ2v) is 6.53. The molecule has 0 aromatic carbocycles. The number of hydrogen-bond acceptors (Lipinski definition) is 2. The fraction of sp³-hybridized carbons (Fsp3) is 0.933. The third kappa shape index (κ3) is 3.47. The lowest BCUT2D eigenvalue weighted by atomic mass is 9.79. The number of carbonyl (C=O) groups is 1. The Balaban J connectivity index is 1.73. The first-order valence-electron chi connectivity index (χ1n) is 7.54. The van der Waals surface area contributed by atoms with Crippen molar-refractivity contribution in [2.45, 2.75) is 70.9 Å². The van der Waals surface area contributed by atoms with Crippen LogP contribution in [-0.2, 0) is 4.79 Å². The molecule has 2 N–H and O–H groups in total. The molecule has 0 aromatic rings. The van der Waals surface area contributed by atoms with Crippen molar-refractivity contribution in [3.8, 4) is 0 Å².